The Morgan fingerprint density at radius 3 is 2.29 bits per heavy atom. The minimum atomic E-state index is -3.31. The summed E-state index contributed by atoms with van der Waals surface area (Å²) in [7, 11) is -3.31. The maximum atomic E-state index is 14.6. The molecule has 0 fully saturated rings. The summed E-state index contributed by atoms with van der Waals surface area (Å²) in [6.45, 7) is 7.36. The first-order chi connectivity index (χ1) is 23.6. The van der Waals surface area contributed by atoms with Crippen molar-refractivity contribution in [3.8, 4) is 11.3 Å². The van der Waals surface area contributed by atoms with Gasteiger partial charge in [0.2, 0.25) is 15.8 Å². The molecule has 1 aromatic heterocycles. The lowest BCUT2D eigenvalue weighted by atomic mass is 9.98. The smallest absolute Gasteiger partial charge is 0.278 e. The molecule has 0 unspecified atom stereocenters. The van der Waals surface area contributed by atoms with E-state index in [2.05, 4.69) is 17.0 Å². The molecule has 0 bridgehead atoms. The number of amides is 1. The molecule has 10 heteroatoms. The van der Waals surface area contributed by atoms with Crippen molar-refractivity contribution >= 4 is 55.5 Å². The van der Waals surface area contributed by atoms with Gasteiger partial charge in [0.1, 0.15) is 11.3 Å². The molecule has 2 N–H and O–H groups in total. The number of aryl methyl sites for hydroxylation is 2. The molecule has 0 spiro atoms. The number of sulfonamides is 1. The van der Waals surface area contributed by atoms with Gasteiger partial charge in [-0.15, -0.1) is 0 Å². The number of carbonyl (C=O) groups is 2. The van der Waals surface area contributed by atoms with Crippen LogP contribution >= 0.6 is 0 Å². The van der Waals surface area contributed by atoms with E-state index in [1.807, 2.05) is 97.6 Å². The Bertz CT molecular complexity index is 2070. The number of fused-ring (bicyclic) bond motifs is 1. The number of para-hydroxylation sites is 1. The number of unbranched alkanes of at least 4 members (excludes halogenated alkanes) is 1. The van der Waals surface area contributed by atoms with Gasteiger partial charge in [0.25, 0.3) is 5.91 Å². The monoisotopic (exact) mass is 678 g/mol. The van der Waals surface area contributed by atoms with Gasteiger partial charge >= 0.3 is 0 Å². The van der Waals surface area contributed by atoms with E-state index in [0.29, 0.717) is 46.8 Å². The quantitative estimate of drug-likeness (QED) is 0.0665. The highest BCUT2D eigenvalue weighted by atomic mass is 32.2. The third-order valence-corrected chi connectivity index (χ3v) is 8.95. The van der Waals surface area contributed by atoms with E-state index in [0.717, 1.165) is 36.8 Å². The molecule has 1 heterocycles. The average molecular weight is 679 g/mol. The molecule has 0 saturated carbocycles. The molecule has 254 valence electrons. The van der Waals surface area contributed by atoms with Crippen LogP contribution in [-0.2, 0) is 21.2 Å². The standard InChI is InChI=1S/C39H42N4O5S/c1-5-7-13-28-18-20-30(21-19-28)41-39(45)36(42-33-23-22-31(26-27(33)3)43(6-2)25-24-40-49(4,46)47)37(44)35-32-16-11-12-17-34(32)48-38(35)29-14-9-8-10-15-29/h8-12,14-23,26,40H,5-7,13,24-25H2,1-4H3,(H,41,45). The molecular weight excluding hydrogens is 637 g/mol. The van der Waals surface area contributed by atoms with Gasteiger partial charge in [0, 0.05) is 42.0 Å². The molecule has 5 aromatic rings. The van der Waals surface area contributed by atoms with E-state index in [4.69, 9.17) is 9.41 Å². The Morgan fingerprint density at radius 2 is 1.61 bits per heavy atom. The molecule has 0 radical (unpaired) electrons. The summed E-state index contributed by atoms with van der Waals surface area (Å²) in [6.07, 6.45) is 4.24. The number of rotatable bonds is 15. The van der Waals surface area contributed by atoms with Crippen molar-refractivity contribution in [1.29, 1.82) is 0 Å². The molecule has 0 aliphatic rings. The van der Waals surface area contributed by atoms with Gasteiger partial charge in [-0.05, 0) is 74.2 Å². The van der Waals surface area contributed by atoms with Crippen LogP contribution in [0.25, 0.3) is 22.3 Å². The number of hydrogen-bond donors (Lipinski definition) is 2. The minimum Gasteiger partial charge on any atom is -0.455 e. The third-order valence-electron chi connectivity index (χ3n) is 8.22. The van der Waals surface area contributed by atoms with Crippen LogP contribution in [0.2, 0.25) is 0 Å². The van der Waals surface area contributed by atoms with Crippen molar-refractivity contribution < 1.29 is 22.4 Å². The molecule has 9 nitrogen and oxygen atoms in total. The van der Waals surface area contributed by atoms with Crippen LogP contribution in [0.3, 0.4) is 0 Å². The van der Waals surface area contributed by atoms with Gasteiger partial charge in [0.05, 0.1) is 17.5 Å². The zero-order valence-electron chi connectivity index (χ0n) is 28.3. The molecule has 0 saturated heterocycles. The third kappa shape index (κ3) is 8.90. The lowest BCUT2D eigenvalue weighted by Crippen LogP contribution is -2.34. The summed E-state index contributed by atoms with van der Waals surface area (Å²) in [5.74, 6) is -0.839. The molecular formula is C39H42N4O5S. The summed E-state index contributed by atoms with van der Waals surface area (Å²) in [5.41, 5.74) is 5.00. The first-order valence-electron chi connectivity index (χ1n) is 16.5. The van der Waals surface area contributed by atoms with Crippen LogP contribution in [-0.4, -0.2) is 51.7 Å². The fourth-order valence-corrected chi connectivity index (χ4v) is 6.09. The molecule has 5 rings (SSSR count). The van der Waals surface area contributed by atoms with Crippen molar-refractivity contribution in [3.63, 3.8) is 0 Å². The van der Waals surface area contributed by atoms with Gasteiger partial charge in [-0.25, -0.2) is 18.1 Å². The highest BCUT2D eigenvalue weighted by Crippen LogP contribution is 2.35. The van der Waals surface area contributed by atoms with Gasteiger partial charge in [0.15, 0.2) is 5.71 Å². The second-order valence-corrected chi connectivity index (χ2v) is 13.8. The second-order valence-electron chi connectivity index (χ2n) is 11.9. The highest BCUT2D eigenvalue weighted by Gasteiger charge is 2.30. The van der Waals surface area contributed by atoms with Crippen LogP contribution < -0.4 is 14.9 Å². The molecule has 0 atom stereocenters. The lowest BCUT2D eigenvalue weighted by molar-refractivity contribution is -0.110. The molecule has 0 aliphatic carbocycles. The largest absolute Gasteiger partial charge is 0.455 e. The van der Waals surface area contributed by atoms with Gasteiger partial charge in [-0.2, -0.15) is 0 Å². The van der Waals surface area contributed by atoms with E-state index >= 15 is 0 Å². The minimum absolute atomic E-state index is 0.256. The van der Waals surface area contributed by atoms with E-state index < -0.39 is 21.7 Å². The Balaban J connectivity index is 1.55. The topological polar surface area (TPSA) is 121 Å². The number of aliphatic imine (C=N–C) groups is 1. The fraction of sp³-hybridized carbons (Fsp3) is 0.256. The van der Waals surface area contributed by atoms with Gasteiger partial charge in [-0.3, -0.25) is 9.59 Å². The van der Waals surface area contributed by atoms with E-state index in [-0.39, 0.29) is 17.8 Å². The number of carbonyl (C=O) groups excluding carboxylic acids is 2. The average Bonchev–Trinajstić information content (AvgIpc) is 3.49. The SMILES string of the molecule is CCCCc1ccc(NC(=O)C(=Nc2ccc(N(CC)CCNS(C)(=O)=O)cc2C)C(=O)c2c(-c3ccccc3)oc3ccccc23)cc1. The maximum absolute atomic E-state index is 14.6. The predicted octanol–water partition coefficient (Wildman–Crippen LogP) is 7.72. The molecule has 4 aromatic carbocycles. The predicted molar refractivity (Wildman–Crippen MR) is 199 cm³/mol. The van der Waals surface area contributed by atoms with Gasteiger partial charge < -0.3 is 14.6 Å². The van der Waals surface area contributed by atoms with E-state index in [1.54, 1.807) is 18.2 Å². The summed E-state index contributed by atoms with van der Waals surface area (Å²) in [4.78, 5) is 35.5. The Labute approximate surface area is 288 Å². The molecule has 1 amide bonds. The first kappa shape index (κ1) is 35.3. The van der Waals surface area contributed by atoms with E-state index in [1.165, 1.54) is 5.56 Å². The van der Waals surface area contributed by atoms with Crippen molar-refractivity contribution in [3.05, 3.63) is 114 Å². The number of ketones is 1. The van der Waals surface area contributed by atoms with Crippen molar-refractivity contribution in [1.82, 2.24) is 4.72 Å². The van der Waals surface area contributed by atoms with Crippen LogP contribution in [0.5, 0.6) is 0 Å². The summed E-state index contributed by atoms with van der Waals surface area (Å²) in [5, 5.41) is 3.49. The van der Waals surface area contributed by atoms with E-state index in [9.17, 15) is 18.0 Å². The fourth-order valence-electron chi connectivity index (χ4n) is 5.63. The first-order valence-corrected chi connectivity index (χ1v) is 18.4. The van der Waals surface area contributed by atoms with Crippen LogP contribution in [0.15, 0.2) is 106 Å². The number of likely N-dealkylation sites (N-methyl/N-ethyl adjacent to an activating group) is 1. The summed E-state index contributed by atoms with van der Waals surface area (Å²) >= 11 is 0. The summed E-state index contributed by atoms with van der Waals surface area (Å²) < 4.78 is 31.9. The molecule has 0 aliphatic heterocycles. The zero-order chi connectivity index (χ0) is 35.0. The number of hydrogen-bond acceptors (Lipinski definition) is 7. The lowest BCUT2D eigenvalue weighted by Gasteiger charge is -2.24. The van der Waals surface area contributed by atoms with Gasteiger partial charge in [-0.1, -0.05) is 74.0 Å². The van der Waals surface area contributed by atoms with Crippen molar-refractivity contribution in [2.24, 2.45) is 4.99 Å². The van der Waals surface area contributed by atoms with Crippen LogP contribution in [0.1, 0.15) is 48.2 Å². The van der Waals surface area contributed by atoms with Crippen LogP contribution in [0, 0.1) is 6.92 Å². The second kappa shape index (κ2) is 15.9. The number of benzene rings is 4. The van der Waals surface area contributed by atoms with Crippen LogP contribution in [0.4, 0.5) is 17.1 Å². The number of anilines is 2. The number of furan rings is 1. The molecule has 49 heavy (non-hydrogen) atoms. The normalized spacial score (nSPS) is 11.9. The Hall–Kier alpha value is -5.06. The number of nitrogens with one attached hydrogen (secondary N) is 2. The summed E-state index contributed by atoms with van der Waals surface area (Å²) in [6, 6.07) is 29.8. The Morgan fingerprint density at radius 1 is 0.898 bits per heavy atom. The zero-order valence-corrected chi connectivity index (χ0v) is 29.1. The van der Waals surface area contributed by atoms with Crippen molar-refractivity contribution in [2.45, 2.75) is 40.0 Å². The Kier molecular flexibility index (Phi) is 11.4. The number of nitrogens with zero attached hydrogens (tertiary/aromatic N) is 2. The maximum Gasteiger partial charge on any atom is 0.278 e. The van der Waals surface area contributed by atoms with Crippen molar-refractivity contribution in [2.75, 3.05) is 36.1 Å². The number of Topliss-reactive ketones (excluding diaryl/α,β-unsaturated/α-hetero) is 1. The highest BCUT2D eigenvalue weighted by molar-refractivity contribution is 7.88.